The molecule has 0 amide bonds. The molecule has 0 aliphatic heterocycles. The van der Waals surface area contributed by atoms with Gasteiger partial charge in [0.05, 0.1) is 11.3 Å². The van der Waals surface area contributed by atoms with E-state index >= 15 is 0 Å². The van der Waals surface area contributed by atoms with Gasteiger partial charge in [-0.05, 0) is 38.5 Å². The maximum Gasteiger partial charge on any atom is 0.164 e. The number of hydrogen-bond donors (Lipinski definition) is 2. The van der Waals surface area contributed by atoms with Crippen LogP contribution in [0.1, 0.15) is 22.5 Å². The van der Waals surface area contributed by atoms with Crippen molar-refractivity contribution in [1.29, 1.82) is 5.41 Å². The van der Waals surface area contributed by atoms with Crippen LogP contribution in [0.15, 0.2) is 18.3 Å². The van der Waals surface area contributed by atoms with Crippen molar-refractivity contribution in [3.8, 4) is 5.82 Å². The summed E-state index contributed by atoms with van der Waals surface area (Å²) in [6.45, 7) is 5.74. The predicted molar refractivity (Wildman–Crippen MR) is 66.6 cm³/mol. The second kappa shape index (κ2) is 4.01. The average Bonchev–Trinajstić information content (AvgIpc) is 2.62. The minimum Gasteiger partial charge on any atom is -0.384 e. The highest BCUT2D eigenvalue weighted by Crippen LogP contribution is 2.17. The van der Waals surface area contributed by atoms with E-state index in [1.807, 2.05) is 39.1 Å². The smallest absolute Gasteiger partial charge is 0.164 e. The molecule has 2 rings (SSSR count). The Labute approximate surface area is 99.8 Å². The number of nitrogens with one attached hydrogen (secondary N) is 1. The van der Waals surface area contributed by atoms with Crippen molar-refractivity contribution >= 4 is 5.84 Å². The van der Waals surface area contributed by atoms with Gasteiger partial charge < -0.3 is 5.73 Å². The van der Waals surface area contributed by atoms with E-state index in [0.717, 1.165) is 17.0 Å². The van der Waals surface area contributed by atoms with Crippen molar-refractivity contribution in [3.63, 3.8) is 0 Å². The number of aryl methyl sites for hydroxylation is 3. The minimum absolute atomic E-state index is 0.0122. The summed E-state index contributed by atoms with van der Waals surface area (Å²) in [5.41, 5.74) is 8.98. The average molecular weight is 229 g/mol. The molecule has 2 heterocycles. The van der Waals surface area contributed by atoms with Gasteiger partial charge in [-0.1, -0.05) is 0 Å². The van der Waals surface area contributed by atoms with E-state index in [0.29, 0.717) is 11.4 Å². The van der Waals surface area contributed by atoms with E-state index in [1.165, 1.54) is 0 Å². The molecule has 0 saturated heterocycles. The number of hydrogen-bond acceptors (Lipinski definition) is 3. The molecule has 5 heteroatoms. The van der Waals surface area contributed by atoms with Crippen LogP contribution >= 0.6 is 0 Å². The Morgan fingerprint density at radius 1 is 1.29 bits per heavy atom. The van der Waals surface area contributed by atoms with Crippen molar-refractivity contribution in [2.45, 2.75) is 20.8 Å². The van der Waals surface area contributed by atoms with Crippen LogP contribution in [-0.4, -0.2) is 20.6 Å². The Balaban J connectivity index is 2.71. The Kier molecular flexibility index (Phi) is 2.67. The summed E-state index contributed by atoms with van der Waals surface area (Å²) in [6, 6.07) is 3.81. The number of nitrogen functional groups attached to an aromatic ring is 1. The number of nitrogens with zero attached hydrogens (tertiary/aromatic N) is 3. The van der Waals surface area contributed by atoms with Crippen molar-refractivity contribution in [3.05, 3.63) is 40.8 Å². The van der Waals surface area contributed by atoms with Crippen molar-refractivity contribution in [2.24, 2.45) is 5.73 Å². The van der Waals surface area contributed by atoms with Gasteiger partial charge in [-0.2, -0.15) is 5.10 Å². The maximum absolute atomic E-state index is 7.64. The molecule has 2 aromatic heterocycles. The van der Waals surface area contributed by atoms with E-state index < -0.39 is 0 Å². The minimum atomic E-state index is 0.0122. The summed E-state index contributed by atoms with van der Waals surface area (Å²) in [4.78, 5) is 4.42. The van der Waals surface area contributed by atoms with Gasteiger partial charge in [-0.3, -0.25) is 5.41 Å². The molecular weight excluding hydrogens is 214 g/mol. The van der Waals surface area contributed by atoms with E-state index in [4.69, 9.17) is 11.1 Å². The van der Waals surface area contributed by atoms with Crippen molar-refractivity contribution < 1.29 is 0 Å². The molecule has 88 valence electrons. The number of rotatable bonds is 2. The highest BCUT2D eigenvalue weighted by molar-refractivity contribution is 5.99. The van der Waals surface area contributed by atoms with Crippen LogP contribution in [0.2, 0.25) is 0 Å². The first-order valence-electron chi connectivity index (χ1n) is 5.34. The van der Waals surface area contributed by atoms with Crippen LogP contribution in [-0.2, 0) is 0 Å². The quantitative estimate of drug-likeness (QED) is 0.604. The topological polar surface area (TPSA) is 80.6 Å². The maximum atomic E-state index is 7.64. The van der Waals surface area contributed by atoms with Gasteiger partial charge in [-0.25, -0.2) is 9.67 Å². The molecule has 0 radical (unpaired) electrons. The molecule has 0 spiro atoms. The second-order valence-corrected chi connectivity index (χ2v) is 4.09. The van der Waals surface area contributed by atoms with Crippen LogP contribution in [0, 0.1) is 26.2 Å². The first-order valence-corrected chi connectivity index (χ1v) is 5.34. The Morgan fingerprint density at radius 2 is 2.00 bits per heavy atom. The first kappa shape index (κ1) is 11.3. The van der Waals surface area contributed by atoms with Gasteiger partial charge in [0.15, 0.2) is 5.82 Å². The lowest BCUT2D eigenvalue weighted by Crippen LogP contribution is -2.18. The molecule has 17 heavy (non-hydrogen) atoms. The van der Waals surface area contributed by atoms with Gasteiger partial charge in [-0.15, -0.1) is 0 Å². The zero-order valence-electron chi connectivity index (χ0n) is 10.2. The van der Waals surface area contributed by atoms with Gasteiger partial charge in [0, 0.05) is 11.9 Å². The highest BCUT2D eigenvalue weighted by Gasteiger charge is 2.13. The normalized spacial score (nSPS) is 10.5. The lowest BCUT2D eigenvalue weighted by molar-refractivity contribution is 0.822. The van der Waals surface area contributed by atoms with Gasteiger partial charge in [0.1, 0.15) is 5.84 Å². The number of aromatic nitrogens is 3. The summed E-state index contributed by atoms with van der Waals surface area (Å²) in [5.74, 6) is 0.626. The standard InChI is InChI=1S/C12H15N5/c1-7-6-9(3)15-12(10(7)11(13)14)17-5-4-8(2)16-17/h4-6H,1-3H3,(H3,13,14). The number of nitrogens with two attached hydrogens (primary N) is 1. The highest BCUT2D eigenvalue weighted by atomic mass is 15.3. The zero-order valence-corrected chi connectivity index (χ0v) is 10.2. The molecular formula is C12H15N5. The van der Waals surface area contributed by atoms with Crippen LogP contribution in [0.5, 0.6) is 0 Å². The Hall–Kier alpha value is -2.17. The molecule has 0 aliphatic rings. The second-order valence-electron chi connectivity index (χ2n) is 4.09. The largest absolute Gasteiger partial charge is 0.384 e. The summed E-state index contributed by atoms with van der Waals surface area (Å²) < 4.78 is 1.66. The monoisotopic (exact) mass is 229 g/mol. The number of pyridine rings is 1. The SMILES string of the molecule is Cc1cc(C)c(C(=N)N)c(-n2ccc(C)n2)n1. The van der Waals surface area contributed by atoms with Gasteiger partial charge in [0.2, 0.25) is 0 Å². The lowest BCUT2D eigenvalue weighted by atomic mass is 10.1. The summed E-state index contributed by atoms with van der Waals surface area (Å²) >= 11 is 0. The summed E-state index contributed by atoms with van der Waals surface area (Å²) in [6.07, 6.45) is 1.82. The predicted octanol–water partition coefficient (Wildman–Crippen LogP) is 1.48. The summed E-state index contributed by atoms with van der Waals surface area (Å²) in [7, 11) is 0. The summed E-state index contributed by atoms with van der Waals surface area (Å²) in [5, 5.41) is 11.9. The van der Waals surface area contributed by atoms with Gasteiger partial charge >= 0.3 is 0 Å². The van der Waals surface area contributed by atoms with E-state index in [1.54, 1.807) is 4.68 Å². The number of amidine groups is 1. The molecule has 3 N–H and O–H groups in total. The molecule has 0 saturated carbocycles. The molecule has 0 unspecified atom stereocenters. The third-order valence-corrected chi connectivity index (χ3v) is 2.53. The fraction of sp³-hybridized carbons (Fsp3) is 0.250. The Morgan fingerprint density at radius 3 is 2.53 bits per heavy atom. The van der Waals surface area contributed by atoms with Crippen LogP contribution < -0.4 is 5.73 Å². The fourth-order valence-corrected chi connectivity index (χ4v) is 1.85. The van der Waals surface area contributed by atoms with Crippen LogP contribution in [0.25, 0.3) is 5.82 Å². The Bertz CT molecular complexity index is 583. The molecule has 5 nitrogen and oxygen atoms in total. The third-order valence-electron chi connectivity index (χ3n) is 2.53. The molecule has 0 fully saturated rings. The fourth-order valence-electron chi connectivity index (χ4n) is 1.85. The molecule has 0 bridgehead atoms. The molecule has 2 aromatic rings. The van der Waals surface area contributed by atoms with Crippen LogP contribution in [0.4, 0.5) is 0 Å². The molecule has 0 aromatic carbocycles. The van der Waals surface area contributed by atoms with E-state index in [9.17, 15) is 0 Å². The molecule has 0 aliphatic carbocycles. The van der Waals surface area contributed by atoms with Crippen molar-refractivity contribution in [1.82, 2.24) is 14.8 Å². The zero-order chi connectivity index (χ0) is 12.6. The first-order chi connectivity index (χ1) is 7.99. The van der Waals surface area contributed by atoms with E-state index in [2.05, 4.69) is 10.1 Å². The molecule has 0 atom stereocenters. The lowest BCUT2D eigenvalue weighted by Gasteiger charge is -2.11. The van der Waals surface area contributed by atoms with Crippen LogP contribution in [0.3, 0.4) is 0 Å². The third kappa shape index (κ3) is 2.04. The van der Waals surface area contributed by atoms with Crippen molar-refractivity contribution in [2.75, 3.05) is 0 Å². The van der Waals surface area contributed by atoms with E-state index in [-0.39, 0.29) is 5.84 Å². The van der Waals surface area contributed by atoms with Gasteiger partial charge in [0.25, 0.3) is 0 Å².